The summed E-state index contributed by atoms with van der Waals surface area (Å²) in [5, 5.41) is 0.337. The molecule has 204 valence electrons. The highest BCUT2D eigenvalue weighted by atomic mass is 35.5. The summed E-state index contributed by atoms with van der Waals surface area (Å²) in [6.45, 7) is 4.48. The number of carbonyl (C=O) groups excluding carboxylic acids is 3. The lowest BCUT2D eigenvalue weighted by atomic mass is 9.89. The van der Waals surface area contributed by atoms with Crippen LogP contribution in [-0.2, 0) is 20.7 Å². The fourth-order valence-electron chi connectivity index (χ4n) is 5.42. The molecule has 1 fully saturated rings. The Morgan fingerprint density at radius 2 is 1.82 bits per heavy atom. The van der Waals surface area contributed by atoms with Crippen molar-refractivity contribution in [3.05, 3.63) is 63.9 Å². The number of Topliss-reactive ketones (excluding diaryl/α,β-unsaturated/α-hetero) is 1. The van der Waals surface area contributed by atoms with Crippen LogP contribution in [0.2, 0.25) is 5.02 Å². The number of ketones is 1. The lowest BCUT2D eigenvalue weighted by molar-refractivity contribution is -0.145. The quantitative estimate of drug-likeness (QED) is 0.444. The van der Waals surface area contributed by atoms with E-state index in [1.807, 2.05) is 31.0 Å². The summed E-state index contributed by atoms with van der Waals surface area (Å²) in [6.07, 6.45) is 2.54. The molecule has 1 atom stereocenters. The van der Waals surface area contributed by atoms with Gasteiger partial charge < -0.3 is 19.4 Å². The summed E-state index contributed by atoms with van der Waals surface area (Å²) >= 11 is 6.58. The number of anilines is 1. The molecule has 0 bridgehead atoms. The molecule has 2 amide bonds. The number of nitrogens with zero attached hydrogens (tertiary/aromatic N) is 3. The molecule has 1 saturated heterocycles. The van der Waals surface area contributed by atoms with Gasteiger partial charge in [0.05, 0.1) is 23.1 Å². The fourth-order valence-corrected chi connectivity index (χ4v) is 5.66. The van der Waals surface area contributed by atoms with Crippen molar-refractivity contribution in [3.63, 3.8) is 0 Å². The molecule has 2 aromatic rings. The first-order valence-corrected chi connectivity index (χ1v) is 13.5. The number of hydrogen-bond acceptors (Lipinski definition) is 5. The molecule has 2 heterocycles. The molecule has 0 N–H and O–H groups in total. The third-order valence-electron chi connectivity index (χ3n) is 7.69. The third kappa shape index (κ3) is 6.02. The van der Waals surface area contributed by atoms with Gasteiger partial charge in [0.15, 0.2) is 0 Å². The van der Waals surface area contributed by atoms with Gasteiger partial charge in [0.1, 0.15) is 5.82 Å². The van der Waals surface area contributed by atoms with Gasteiger partial charge >= 0.3 is 0 Å². The first-order chi connectivity index (χ1) is 18.2. The van der Waals surface area contributed by atoms with Gasteiger partial charge in [-0.1, -0.05) is 23.7 Å². The van der Waals surface area contributed by atoms with Crippen molar-refractivity contribution >= 4 is 34.9 Å². The number of fused-ring (bicyclic) bond motifs is 1. The van der Waals surface area contributed by atoms with Crippen LogP contribution in [0, 0.1) is 11.7 Å². The van der Waals surface area contributed by atoms with E-state index in [2.05, 4.69) is 0 Å². The Kier molecular flexibility index (Phi) is 9.05. The topological polar surface area (TPSA) is 70.2 Å². The molecular weight excluding hydrogens is 509 g/mol. The maximum absolute atomic E-state index is 13.5. The predicted molar refractivity (Wildman–Crippen MR) is 145 cm³/mol. The molecule has 2 aliphatic heterocycles. The summed E-state index contributed by atoms with van der Waals surface area (Å²) in [7, 11) is 3.40. The maximum Gasteiger partial charge on any atom is 0.290 e. The summed E-state index contributed by atoms with van der Waals surface area (Å²) in [5.41, 5.74) is 2.87. The van der Waals surface area contributed by atoms with Crippen LogP contribution in [0.3, 0.4) is 0 Å². The van der Waals surface area contributed by atoms with Crippen LogP contribution in [0.25, 0.3) is 0 Å². The molecule has 0 saturated carbocycles. The molecule has 7 nitrogen and oxygen atoms in total. The van der Waals surface area contributed by atoms with Crippen LogP contribution in [0.5, 0.6) is 0 Å². The Labute approximate surface area is 228 Å². The van der Waals surface area contributed by atoms with Crippen molar-refractivity contribution < 1.29 is 23.5 Å². The van der Waals surface area contributed by atoms with E-state index >= 15 is 0 Å². The summed E-state index contributed by atoms with van der Waals surface area (Å²) in [5.74, 6) is -1.68. The normalized spacial score (nSPS) is 17.4. The van der Waals surface area contributed by atoms with Crippen molar-refractivity contribution in [1.82, 2.24) is 9.80 Å². The third-order valence-corrected chi connectivity index (χ3v) is 8.00. The number of carbonyl (C=O) groups is 3. The molecule has 9 heteroatoms. The molecule has 38 heavy (non-hydrogen) atoms. The molecule has 0 aliphatic carbocycles. The van der Waals surface area contributed by atoms with Gasteiger partial charge in [-0.25, -0.2) is 4.39 Å². The van der Waals surface area contributed by atoms with Gasteiger partial charge in [-0.05, 0) is 67.5 Å². The van der Waals surface area contributed by atoms with E-state index in [1.165, 1.54) is 17.0 Å². The van der Waals surface area contributed by atoms with Crippen LogP contribution in [0.15, 0.2) is 36.4 Å². The Morgan fingerprint density at radius 1 is 1.13 bits per heavy atom. The molecule has 0 spiro atoms. The zero-order chi connectivity index (χ0) is 27.4. The van der Waals surface area contributed by atoms with Gasteiger partial charge in [-0.2, -0.15) is 0 Å². The minimum Gasteiger partial charge on any atom is -0.383 e. The monoisotopic (exact) mass is 543 g/mol. The van der Waals surface area contributed by atoms with Crippen molar-refractivity contribution in [1.29, 1.82) is 0 Å². The fraction of sp³-hybridized carbons (Fsp3) is 0.483. The summed E-state index contributed by atoms with van der Waals surface area (Å²) in [6, 6.07) is 10.0. The predicted octanol–water partition coefficient (Wildman–Crippen LogP) is 4.17. The van der Waals surface area contributed by atoms with Crippen molar-refractivity contribution in [2.24, 2.45) is 5.92 Å². The Balaban J connectivity index is 1.47. The number of hydrogen-bond donors (Lipinski definition) is 0. The zero-order valence-corrected chi connectivity index (χ0v) is 23.0. The number of rotatable bonds is 9. The van der Waals surface area contributed by atoms with E-state index in [0.717, 1.165) is 30.5 Å². The smallest absolute Gasteiger partial charge is 0.290 e. The molecule has 4 rings (SSSR count). The largest absolute Gasteiger partial charge is 0.383 e. The van der Waals surface area contributed by atoms with Gasteiger partial charge in [-0.15, -0.1) is 0 Å². The minimum absolute atomic E-state index is 0.166. The number of piperidine rings is 1. The number of ether oxygens (including phenoxy) is 1. The number of halogens is 2. The number of amides is 2. The van der Waals surface area contributed by atoms with Crippen LogP contribution in [-0.4, -0.2) is 80.9 Å². The second-order valence-electron chi connectivity index (χ2n) is 10.1. The lowest BCUT2D eigenvalue weighted by Gasteiger charge is -2.32. The molecule has 1 unspecified atom stereocenters. The minimum atomic E-state index is -0.663. The molecule has 2 aromatic carbocycles. The molecule has 0 radical (unpaired) electrons. The summed E-state index contributed by atoms with van der Waals surface area (Å²) in [4.78, 5) is 45.0. The number of likely N-dealkylation sites (tertiary alicyclic amines) is 1. The standard InChI is InChI=1S/C29H35ClFN3O4/c1-4-33(13-14-38-3)29(37)27(35)24-18-32(2)26-17-25(30)23(16-22(24)26)28(36)34-11-9-20(10-12-34)15-19-5-7-21(31)8-6-19/h5-8,16-17,20,24H,4,9-15,18H2,1-3H3. The van der Waals surface area contributed by atoms with E-state index in [4.69, 9.17) is 16.3 Å². The Hall–Kier alpha value is -2.97. The maximum atomic E-state index is 13.5. The lowest BCUT2D eigenvalue weighted by Crippen LogP contribution is -2.41. The van der Waals surface area contributed by atoms with Crippen molar-refractivity contribution in [2.45, 2.75) is 32.1 Å². The number of benzene rings is 2. The van der Waals surface area contributed by atoms with E-state index in [0.29, 0.717) is 61.4 Å². The highest BCUT2D eigenvalue weighted by molar-refractivity contribution is 6.39. The molecule has 0 aromatic heterocycles. The van der Waals surface area contributed by atoms with Gasteiger partial charge in [0, 0.05) is 52.6 Å². The van der Waals surface area contributed by atoms with Crippen molar-refractivity contribution in [2.75, 3.05) is 58.4 Å². The molecular formula is C29H35ClFN3O4. The van der Waals surface area contributed by atoms with Crippen LogP contribution in [0.4, 0.5) is 10.1 Å². The number of methoxy groups -OCH3 is 1. The zero-order valence-electron chi connectivity index (χ0n) is 22.2. The Morgan fingerprint density at radius 3 is 2.45 bits per heavy atom. The van der Waals surface area contributed by atoms with Gasteiger partial charge in [0.2, 0.25) is 5.78 Å². The van der Waals surface area contributed by atoms with E-state index in [-0.39, 0.29) is 11.7 Å². The van der Waals surface area contributed by atoms with Crippen LogP contribution >= 0.6 is 11.6 Å². The highest BCUT2D eigenvalue weighted by Gasteiger charge is 2.38. The summed E-state index contributed by atoms with van der Waals surface area (Å²) < 4.78 is 18.3. The van der Waals surface area contributed by atoms with E-state index < -0.39 is 17.6 Å². The second kappa shape index (κ2) is 12.3. The van der Waals surface area contributed by atoms with Crippen LogP contribution < -0.4 is 4.90 Å². The number of likely N-dealkylation sites (N-methyl/N-ethyl adjacent to an activating group) is 2. The highest BCUT2D eigenvalue weighted by Crippen LogP contribution is 2.40. The van der Waals surface area contributed by atoms with E-state index in [1.54, 1.807) is 24.1 Å². The average Bonchev–Trinajstić information content (AvgIpc) is 3.24. The Bertz CT molecular complexity index is 1180. The first kappa shape index (κ1) is 28.0. The van der Waals surface area contributed by atoms with Crippen LogP contribution in [0.1, 0.15) is 47.2 Å². The van der Waals surface area contributed by atoms with Gasteiger partial charge in [0.25, 0.3) is 11.8 Å². The molecule has 2 aliphatic rings. The first-order valence-electron chi connectivity index (χ1n) is 13.1. The van der Waals surface area contributed by atoms with Crippen molar-refractivity contribution in [3.8, 4) is 0 Å². The second-order valence-corrected chi connectivity index (χ2v) is 10.5. The van der Waals surface area contributed by atoms with Gasteiger partial charge in [-0.3, -0.25) is 14.4 Å². The SMILES string of the molecule is CCN(CCOC)C(=O)C(=O)C1CN(C)c2cc(Cl)c(C(=O)N3CCC(Cc4ccc(F)cc4)CC3)cc21. The average molecular weight is 544 g/mol. The van der Waals surface area contributed by atoms with E-state index in [9.17, 15) is 18.8 Å².